The zero-order valence-electron chi connectivity index (χ0n) is 11.0. The van der Waals surface area contributed by atoms with E-state index in [4.69, 9.17) is 11.6 Å². The Morgan fingerprint density at radius 3 is 2.86 bits per heavy atom. The van der Waals surface area contributed by atoms with Gasteiger partial charge in [-0.3, -0.25) is 10.1 Å². The molecule has 3 aromatic rings. The van der Waals surface area contributed by atoms with Crippen LogP contribution >= 0.6 is 22.9 Å². The monoisotopic (exact) mass is 320 g/mol. The van der Waals surface area contributed by atoms with E-state index in [1.165, 1.54) is 23.5 Å². The number of amides is 1. The number of hydrogen-bond donors (Lipinski definition) is 1. The van der Waals surface area contributed by atoms with E-state index in [9.17, 15) is 9.18 Å². The molecular weight excluding hydrogens is 311 g/mol. The number of hydrogen-bond acceptors (Lipinski definition) is 3. The Morgan fingerprint density at radius 2 is 2.10 bits per heavy atom. The Hall–Kier alpha value is -1.98. The van der Waals surface area contributed by atoms with Crippen LogP contribution in [0.25, 0.3) is 10.2 Å². The maximum absolute atomic E-state index is 13.0. The first-order valence-corrected chi connectivity index (χ1v) is 7.36. The molecule has 0 unspecified atom stereocenters. The van der Waals surface area contributed by atoms with Crippen LogP contribution in [0.1, 0.15) is 15.9 Å². The van der Waals surface area contributed by atoms with Gasteiger partial charge in [0.15, 0.2) is 5.13 Å². The first-order chi connectivity index (χ1) is 10.0. The van der Waals surface area contributed by atoms with Gasteiger partial charge in [0, 0.05) is 0 Å². The Kier molecular flexibility index (Phi) is 3.61. The van der Waals surface area contributed by atoms with Gasteiger partial charge in [-0.05, 0) is 42.8 Å². The summed E-state index contributed by atoms with van der Waals surface area (Å²) in [5.41, 5.74) is 2.17. The van der Waals surface area contributed by atoms with E-state index in [1.54, 1.807) is 0 Å². The minimum absolute atomic E-state index is 0.0736. The van der Waals surface area contributed by atoms with E-state index in [0.717, 1.165) is 21.8 Å². The highest BCUT2D eigenvalue weighted by Crippen LogP contribution is 2.27. The molecule has 0 aliphatic carbocycles. The number of nitrogens with one attached hydrogen (secondary N) is 1. The van der Waals surface area contributed by atoms with Gasteiger partial charge in [0.05, 0.1) is 20.8 Å². The van der Waals surface area contributed by atoms with Crippen molar-refractivity contribution in [3.05, 3.63) is 58.4 Å². The van der Waals surface area contributed by atoms with Gasteiger partial charge in [0.1, 0.15) is 5.82 Å². The van der Waals surface area contributed by atoms with Crippen LogP contribution in [0, 0.1) is 12.7 Å². The molecule has 0 spiro atoms. The molecular formula is C15H10ClFN2OS. The molecule has 2 aromatic carbocycles. The molecule has 0 aliphatic heterocycles. The van der Waals surface area contributed by atoms with Crippen LogP contribution in [0.15, 0.2) is 36.4 Å². The van der Waals surface area contributed by atoms with E-state index >= 15 is 0 Å². The SMILES string of the molecule is Cc1ccc2nc(NC(=O)c3ccc(F)cc3Cl)sc2c1. The number of benzene rings is 2. The number of rotatable bonds is 2. The molecule has 21 heavy (non-hydrogen) atoms. The number of anilines is 1. The summed E-state index contributed by atoms with van der Waals surface area (Å²) >= 11 is 7.26. The third-order valence-corrected chi connectivity index (χ3v) is 4.19. The third-order valence-electron chi connectivity index (χ3n) is 2.94. The highest BCUT2D eigenvalue weighted by atomic mass is 35.5. The molecule has 106 valence electrons. The molecule has 1 heterocycles. The van der Waals surface area contributed by atoms with Gasteiger partial charge >= 0.3 is 0 Å². The van der Waals surface area contributed by atoms with E-state index in [-0.39, 0.29) is 10.6 Å². The Balaban J connectivity index is 1.89. The van der Waals surface area contributed by atoms with Crippen molar-refractivity contribution in [1.82, 2.24) is 4.98 Å². The largest absolute Gasteiger partial charge is 0.298 e. The standard InChI is InChI=1S/C15H10ClFN2OS/c1-8-2-5-12-13(6-8)21-15(18-12)19-14(20)10-4-3-9(17)7-11(10)16/h2-7H,1H3,(H,18,19,20). The summed E-state index contributed by atoms with van der Waals surface area (Å²) in [5.74, 6) is -0.886. The maximum atomic E-state index is 13.0. The fourth-order valence-corrected chi connectivity index (χ4v) is 3.14. The Labute approximate surface area is 129 Å². The molecule has 0 radical (unpaired) electrons. The van der Waals surface area contributed by atoms with Gasteiger partial charge in [0.25, 0.3) is 5.91 Å². The fourth-order valence-electron chi connectivity index (χ4n) is 1.92. The molecule has 0 fully saturated rings. The van der Waals surface area contributed by atoms with Crippen molar-refractivity contribution < 1.29 is 9.18 Å². The number of nitrogens with zero attached hydrogens (tertiary/aromatic N) is 1. The van der Waals surface area contributed by atoms with Crippen molar-refractivity contribution in [1.29, 1.82) is 0 Å². The molecule has 0 saturated heterocycles. The van der Waals surface area contributed by atoms with Gasteiger partial charge < -0.3 is 0 Å². The predicted octanol–water partition coefficient (Wildman–Crippen LogP) is 4.65. The summed E-state index contributed by atoms with van der Waals surface area (Å²) in [6.45, 7) is 2.00. The van der Waals surface area contributed by atoms with Crippen LogP contribution < -0.4 is 5.32 Å². The lowest BCUT2D eigenvalue weighted by Crippen LogP contribution is -2.12. The van der Waals surface area contributed by atoms with Gasteiger partial charge in [-0.15, -0.1) is 0 Å². The summed E-state index contributed by atoms with van der Waals surface area (Å²) in [5, 5.41) is 3.25. The average molecular weight is 321 g/mol. The van der Waals surface area contributed by atoms with Crippen LogP contribution in [-0.4, -0.2) is 10.9 Å². The smallest absolute Gasteiger partial charge is 0.258 e. The lowest BCUT2D eigenvalue weighted by Gasteiger charge is -2.03. The van der Waals surface area contributed by atoms with Gasteiger partial charge in [0.2, 0.25) is 0 Å². The molecule has 0 bridgehead atoms. The number of aromatic nitrogens is 1. The predicted molar refractivity (Wildman–Crippen MR) is 83.7 cm³/mol. The lowest BCUT2D eigenvalue weighted by atomic mass is 10.2. The van der Waals surface area contributed by atoms with Gasteiger partial charge in [-0.25, -0.2) is 9.37 Å². The molecule has 0 atom stereocenters. The highest BCUT2D eigenvalue weighted by Gasteiger charge is 2.13. The van der Waals surface area contributed by atoms with Crippen molar-refractivity contribution in [3.63, 3.8) is 0 Å². The summed E-state index contributed by atoms with van der Waals surface area (Å²) in [6, 6.07) is 9.53. The average Bonchev–Trinajstić information content (AvgIpc) is 2.79. The van der Waals surface area contributed by atoms with E-state index < -0.39 is 11.7 Å². The molecule has 0 aliphatic rings. The van der Waals surface area contributed by atoms with Crippen LogP contribution in [0.2, 0.25) is 5.02 Å². The normalized spacial score (nSPS) is 10.8. The van der Waals surface area contributed by atoms with Gasteiger partial charge in [-0.1, -0.05) is 29.0 Å². The van der Waals surface area contributed by atoms with E-state index in [1.807, 2.05) is 25.1 Å². The van der Waals surface area contributed by atoms with Crippen molar-refractivity contribution in [2.24, 2.45) is 0 Å². The number of halogens is 2. The molecule has 0 saturated carbocycles. The van der Waals surface area contributed by atoms with E-state index in [0.29, 0.717) is 5.13 Å². The summed E-state index contributed by atoms with van der Waals surface area (Å²) < 4.78 is 14.0. The Bertz CT molecular complexity index is 847. The van der Waals surface area contributed by atoms with Crippen molar-refractivity contribution >= 4 is 44.2 Å². The van der Waals surface area contributed by atoms with Crippen LogP contribution in [0.4, 0.5) is 9.52 Å². The highest BCUT2D eigenvalue weighted by molar-refractivity contribution is 7.22. The number of fused-ring (bicyclic) bond motifs is 1. The second kappa shape index (κ2) is 5.42. The second-order valence-corrected chi connectivity index (χ2v) is 6.01. The Morgan fingerprint density at radius 1 is 1.29 bits per heavy atom. The quantitative estimate of drug-likeness (QED) is 0.746. The first kappa shape index (κ1) is 14.0. The number of aryl methyl sites for hydroxylation is 1. The minimum atomic E-state index is -0.480. The minimum Gasteiger partial charge on any atom is -0.298 e. The van der Waals surface area contributed by atoms with Crippen LogP contribution in [0.5, 0.6) is 0 Å². The van der Waals surface area contributed by atoms with E-state index in [2.05, 4.69) is 10.3 Å². The molecule has 3 nitrogen and oxygen atoms in total. The lowest BCUT2D eigenvalue weighted by molar-refractivity contribution is 0.102. The van der Waals surface area contributed by atoms with Crippen molar-refractivity contribution in [2.45, 2.75) is 6.92 Å². The third kappa shape index (κ3) is 2.89. The maximum Gasteiger partial charge on any atom is 0.258 e. The van der Waals surface area contributed by atoms with Crippen LogP contribution in [0.3, 0.4) is 0 Å². The summed E-state index contributed by atoms with van der Waals surface area (Å²) in [7, 11) is 0. The number of carbonyl (C=O) groups excluding carboxylic acids is 1. The first-order valence-electron chi connectivity index (χ1n) is 6.16. The molecule has 1 N–H and O–H groups in total. The number of carbonyl (C=O) groups is 1. The zero-order valence-corrected chi connectivity index (χ0v) is 12.6. The second-order valence-electron chi connectivity index (χ2n) is 4.57. The molecule has 1 amide bonds. The molecule has 6 heteroatoms. The zero-order chi connectivity index (χ0) is 15.0. The fraction of sp³-hybridized carbons (Fsp3) is 0.0667. The molecule has 1 aromatic heterocycles. The number of thiazole rings is 1. The van der Waals surface area contributed by atoms with Gasteiger partial charge in [-0.2, -0.15) is 0 Å². The topological polar surface area (TPSA) is 42.0 Å². The summed E-state index contributed by atoms with van der Waals surface area (Å²) in [6.07, 6.45) is 0. The molecule has 3 rings (SSSR count). The summed E-state index contributed by atoms with van der Waals surface area (Å²) in [4.78, 5) is 16.5. The van der Waals surface area contributed by atoms with Crippen molar-refractivity contribution in [3.8, 4) is 0 Å². The van der Waals surface area contributed by atoms with Crippen LogP contribution in [-0.2, 0) is 0 Å². The van der Waals surface area contributed by atoms with Crippen molar-refractivity contribution in [2.75, 3.05) is 5.32 Å².